The van der Waals surface area contributed by atoms with Crippen LogP contribution in [0.4, 0.5) is 5.69 Å². The lowest BCUT2D eigenvalue weighted by atomic mass is 10.3. The van der Waals surface area contributed by atoms with Crippen LogP contribution in [0.2, 0.25) is 0 Å². The second-order valence-corrected chi connectivity index (χ2v) is 3.94. The highest BCUT2D eigenvalue weighted by Gasteiger charge is 2.20. The molecule has 0 spiro atoms. The Labute approximate surface area is 90.2 Å². The Bertz CT molecular complexity index is 310. The third-order valence-corrected chi connectivity index (χ3v) is 2.40. The van der Waals surface area contributed by atoms with Gasteiger partial charge in [-0.05, 0) is 30.9 Å². The molecule has 1 fully saturated rings. The molecule has 2 rings (SSSR count). The van der Waals surface area contributed by atoms with E-state index in [0.717, 1.165) is 24.0 Å². The quantitative estimate of drug-likeness (QED) is 0.573. The third kappa shape index (κ3) is 3.80. The highest BCUT2D eigenvalue weighted by Crippen LogP contribution is 2.28. The standard InChI is InChI=1S/C12H17NO2/c13-11-2-1-3-12(8-11)15-7-6-14-9-10-4-5-10/h1-3,8,10H,4-7,9,13H2. The molecule has 0 amide bonds. The average molecular weight is 207 g/mol. The van der Waals surface area contributed by atoms with Crippen molar-refractivity contribution in [2.24, 2.45) is 5.92 Å². The zero-order chi connectivity index (χ0) is 10.5. The number of hydrogen-bond donors (Lipinski definition) is 1. The van der Waals surface area contributed by atoms with Gasteiger partial charge in [-0.2, -0.15) is 0 Å². The number of nitrogen functional groups attached to an aromatic ring is 1. The first kappa shape index (κ1) is 10.3. The van der Waals surface area contributed by atoms with Crippen molar-refractivity contribution in [3.63, 3.8) is 0 Å². The van der Waals surface area contributed by atoms with Crippen molar-refractivity contribution in [3.05, 3.63) is 24.3 Å². The van der Waals surface area contributed by atoms with E-state index in [9.17, 15) is 0 Å². The summed E-state index contributed by atoms with van der Waals surface area (Å²) in [5.41, 5.74) is 6.35. The van der Waals surface area contributed by atoms with Crippen molar-refractivity contribution in [1.82, 2.24) is 0 Å². The van der Waals surface area contributed by atoms with Crippen LogP contribution in [0.1, 0.15) is 12.8 Å². The predicted molar refractivity (Wildman–Crippen MR) is 59.9 cm³/mol. The molecular formula is C12H17NO2. The minimum absolute atomic E-state index is 0.593. The Kier molecular flexibility index (Phi) is 3.45. The maximum absolute atomic E-state index is 5.63. The van der Waals surface area contributed by atoms with E-state index in [4.69, 9.17) is 15.2 Å². The van der Waals surface area contributed by atoms with Crippen LogP contribution < -0.4 is 10.5 Å². The van der Waals surface area contributed by atoms with Gasteiger partial charge in [0.25, 0.3) is 0 Å². The van der Waals surface area contributed by atoms with E-state index in [0.29, 0.717) is 13.2 Å². The van der Waals surface area contributed by atoms with Gasteiger partial charge in [0.2, 0.25) is 0 Å². The molecule has 0 aliphatic heterocycles. The van der Waals surface area contributed by atoms with Crippen molar-refractivity contribution in [3.8, 4) is 5.75 Å². The molecule has 1 aromatic carbocycles. The summed E-state index contributed by atoms with van der Waals surface area (Å²) in [5, 5.41) is 0. The average Bonchev–Trinajstić information content (AvgIpc) is 3.01. The fraction of sp³-hybridized carbons (Fsp3) is 0.500. The van der Waals surface area contributed by atoms with Crippen LogP contribution in [0, 0.1) is 5.92 Å². The molecule has 15 heavy (non-hydrogen) atoms. The van der Waals surface area contributed by atoms with Gasteiger partial charge in [-0.15, -0.1) is 0 Å². The van der Waals surface area contributed by atoms with Crippen LogP contribution in [0.15, 0.2) is 24.3 Å². The van der Waals surface area contributed by atoms with Gasteiger partial charge in [0.05, 0.1) is 6.61 Å². The van der Waals surface area contributed by atoms with Crippen molar-refractivity contribution in [2.75, 3.05) is 25.6 Å². The second kappa shape index (κ2) is 5.03. The maximum atomic E-state index is 5.63. The van der Waals surface area contributed by atoms with Crippen LogP contribution in [0.3, 0.4) is 0 Å². The first-order valence-electron chi connectivity index (χ1n) is 5.40. The fourth-order valence-corrected chi connectivity index (χ4v) is 1.36. The van der Waals surface area contributed by atoms with Crippen LogP contribution in [0.5, 0.6) is 5.75 Å². The molecule has 1 aliphatic carbocycles. The molecule has 82 valence electrons. The van der Waals surface area contributed by atoms with Gasteiger partial charge in [-0.25, -0.2) is 0 Å². The first-order valence-corrected chi connectivity index (χ1v) is 5.40. The molecule has 1 aromatic rings. The molecule has 1 saturated carbocycles. The number of anilines is 1. The van der Waals surface area contributed by atoms with E-state index in [1.54, 1.807) is 0 Å². The largest absolute Gasteiger partial charge is 0.491 e. The highest BCUT2D eigenvalue weighted by atomic mass is 16.5. The number of rotatable bonds is 6. The smallest absolute Gasteiger partial charge is 0.121 e. The monoisotopic (exact) mass is 207 g/mol. The minimum Gasteiger partial charge on any atom is -0.491 e. The van der Waals surface area contributed by atoms with E-state index >= 15 is 0 Å². The second-order valence-electron chi connectivity index (χ2n) is 3.94. The van der Waals surface area contributed by atoms with Crippen molar-refractivity contribution in [1.29, 1.82) is 0 Å². The zero-order valence-corrected chi connectivity index (χ0v) is 8.82. The SMILES string of the molecule is Nc1cccc(OCCOCC2CC2)c1. The predicted octanol–water partition coefficient (Wildman–Crippen LogP) is 2.07. The number of ether oxygens (including phenoxy) is 2. The topological polar surface area (TPSA) is 44.5 Å². The number of benzene rings is 1. The number of hydrogen-bond acceptors (Lipinski definition) is 3. The minimum atomic E-state index is 0.593. The van der Waals surface area contributed by atoms with Gasteiger partial charge in [0.15, 0.2) is 0 Å². The lowest BCUT2D eigenvalue weighted by Crippen LogP contribution is -2.08. The maximum Gasteiger partial charge on any atom is 0.121 e. The van der Waals surface area contributed by atoms with Crippen LogP contribution in [-0.2, 0) is 4.74 Å². The third-order valence-electron chi connectivity index (χ3n) is 2.40. The summed E-state index contributed by atoms with van der Waals surface area (Å²) in [7, 11) is 0. The van der Waals surface area contributed by atoms with Gasteiger partial charge in [0.1, 0.15) is 12.4 Å². The molecule has 0 aromatic heterocycles. The highest BCUT2D eigenvalue weighted by molar-refractivity contribution is 5.43. The molecule has 0 unspecified atom stereocenters. The molecule has 3 nitrogen and oxygen atoms in total. The Morgan fingerprint density at radius 1 is 1.27 bits per heavy atom. The molecule has 3 heteroatoms. The number of nitrogens with two attached hydrogens (primary N) is 1. The zero-order valence-electron chi connectivity index (χ0n) is 8.82. The Hall–Kier alpha value is -1.22. The normalized spacial score (nSPS) is 15.2. The van der Waals surface area contributed by atoms with E-state index < -0.39 is 0 Å². The van der Waals surface area contributed by atoms with Crippen LogP contribution in [0.25, 0.3) is 0 Å². The van der Waals surface area contributed by atoms with Crippen molar-refractivity contribution < 1.29 is 9.47 Å². The summed E-state index contributed by atoms with van der Waals surface area (Å²) in [6.07, 6.45) is 2.66. The van der Waals surface area contributed by atoms with Crippen molar-refractivity contribution >= 4 is 5.69 Å². The molecule has 0 atom stereocenters. The molecule has 0 radical (unpaired) electrons. The Balaban J connectivity index is 1.60. The summed E-state index contributed by atoms with van der Waals surface area (Å²) < 4.78 is 10.9. The summed E-state index contributed by atoms with van der Waals surface area (Å²) in [5.74, 6) is 1.63. The summed E-state index contributed by atoms with van der Waals surface area (Å²) in [6.45, 7) is 2.14. The summed E-state index contributed by atoms with van der Waals surface area (Å²) in [6, 6.07) is 7.45. The van der Waals surface area contributed by atoms with Gasteiger partial charge in [0, 0.05) is 18.4 Å². The Morgan fingerprint density at radius 2 is 2.13 bits per heavy atom. The van der Waals surface area contributed by atoms with Crippen LogP contribution in [-0.4, -0.2) is 19.8 Å². The van der Waals surface area contributed by atoms with E-state index in [1.807, 2.05) is 24.3 Å². The molecule has 0 saturated heterocycles. The van der Waals surface area contributed by atoms with Crippen molar-refractivity contribution in [2.45, 2.75) is 12.8 Å². The Morgan fingerprint density at radius 3 is 2.87 bits per heavy atom. The van der Waals surface area contributed by atoms with Gasteiger partial charge in [-0.3, -0.25) is 0 Å². The summed E-state index contributed by atoms with van der Waals surface area (Å²) in [4.78, 5) is 0. The van der Waals surface area contributed by atoms with E-state index in [1.165, 1.54) is 12.8 Å². The van der Waals surface area contributed by atoms with E-state index in [-0.39, 0.29) is 0 Å². The first-order chi connectivity index (χ1) is 7.34. The lowest BCUT2D eigenvalue weighted by molar-refractivity contribution is 0.0927. The molecule has 1 aliphatic rings. The fourth-order valence-electron chi connectivity index (χ4n) is 1.36. The van der Waals surface area contributed by atoms with Gasteiger partial charge in [-0.1, -0.05) is 6.07 Å². The molecule has 2 N–H and O–H groups in total. The lowest BCUT2D eigenvalue weighted by Gasteiger charge is -2.07. The molecule has 0 bridgehead atoms. The molecular weight excluding hydrogens is 190 g/mol. The summed E-state index contributed by atoms with van der Waals surface area (Å²) >= 11 is 0. The molecule has 0 heterocycles. The van der Waals surface area contributed by atoms with Gasteiger partial charge < -0.3 is 15.2 Å². The van der Waals surface area contributed by atoms with E-state index in [2.05, 4.69) is 0 Å². The van der Waals surface area contributed by atoms with Crippen LogP contribution >= 0.6 is 0 Å². The van der Waals surface area contributed by atoms with Gasteiger partial charge >= 0.3 is 0 Å².